The Bertz CT molecular complexity index is 2040. The number of aliphatic hydroxyl groups excluding tert-OH is 1. The van der Waals surface area contributed by atoms with Crippen LogP contribution in [0.1, 0.15) is 53.4 Å². The Morgan fingerprint density at radius 2 is 1.64 bits per heavy atom. The molecule has 1 N–H and O–H groups in total. The maximum Gasteiger partial charge on any atom is 0.162 e. The number of aromatic nitrogens is 2. The van der Waals surface area contributed by atoms with Crippen LogP contribution in [0.25, 0.3) is 60.2 Å². The molecule has 6 heteroatoms. The fraction of sp³-hybridized carbons (Fsp3) is 0.278. The summed E-state index contributed by atoms with van der Waals surface area (Å²) in [6, 6.07) is 24.5. The third kappa shape index (κ3) is 4.87. The minimum Gasteiger partial charge on any atom is -0.512 e. The quantitative estimate of drug-likeness (QED) is 0.0582. The van der Waals surface area contributed by atoms with Crippen LogP contribution in [0.2, 0.25) is 0 Å². The standard InChI is InChI=1S/C23H11N2O.C13H24O2.Ir/c1-2-7-15-13(5-1)11-17-20-16(8-4-10-24-20)18-12-14-6-3-9-19-21(14)25(18)22(17)23(15)26-19;1-5-10(6-2)12(14)9-13(15)11(7-3)8-4;/h1-10,12H;9-11,14H,5-8H2,1-4H3;/q-1;;/b;12-9-;. The second kappa shape index (κ2) is 12.2. The first-order chi connectivity index (χ1) is 20.0. The molecule has 4 aromatic heterocycles. The molecular weight excluding hydrogens is 701 g/mol. The predicted molar refractivity (Wildman–Crippen MR) is 169 cm³/mol. The summed E-state index contributed by atoms with van der Waals surface area (Å²) in [4.78, 5) is 16.4. The van der Waals surface area contributed by atoms with Crippen molar-refractivity contribution >= 4 is 65.9 Å². The van der Waals surface area contributed by atoms with Crippen LogP contribution in [0.15, 0.2) is 83.1 Å². The van der Waals surface area contributed by atoms with Crippen LogP contribution in [-0.2, 0) is 24.9 Å². The van der Waals surface area contributed by atoms with E-state index < -0.39 is 0 Å². The second-order valence-electron chi connectivity index (χ2n) is 10.8. The summed E-state index contributed by atoms with van der Waals surface area (Å²) in [5.74, 6) is 0.547. The van der Waals surface area contributed by atoms with Crippen molar-refractivity contribution in [2.45, 2.75) is 53.4 Å². The van der Waals surface area contributed by atoms with Gasteiger partial charge >= 0.3 is 0 Å². The van der Waals surface area contributed by atoms with Gasteiger partial charge in [0.25, 0.3) is 0 Å². The molecule has 4 heterocycles. The Hall–Kier alpha value is -3.73. The summed E-state index contributed by atoms with van der Waals surface area (Å²) in [6.45, 7) is 8.07. The van der Waals surface area contributed by atoms with Crippen molar-refractivity contribution in [1.82, 2.24) is 9.38 Å². The molecule has 0 fully saturated rings. The van der Waals surface area contributed by atoms with E-state index in [1.165, 1.54) is 11.5 Å². The van der Waals surface area contributed by atoms with Crippen molar-refractivity contribution in [3.8, 4) is 0 Å². The van der Waals surface area contributed by atoms with Crippen LogP contribution >= 0.6 is 0 Å². The third-order valence-corrected chi connectivity index (χ3v) is 8.51. The minimum absolute atomic E-state index is 0. The van der Waals surface area contributed by atoms with Crippen molar-refractivity contribution in [2.75, 3.05) is 0 Å². The molecule has 42 heavy (non-hydrogen) atoms. The van der Waals surface area contributed by atoms with Gasteiger partial charge in [-0.05, 0) is 54.7 Å². The number of hydrogen-bond donors (Lipinski definition) is 1. The zero-order valence-corrected chi connectivity index (χ0v) is 26.8. The van der Waals surface area contributed by atoms with Gasteiger partial charge in [-0.2, -0.15) is 0 Å². The fourth-order valence-electron chi connectivity index (χ4n) is 6.15. The number of ketones is 1. The van der Waals surface area contributed by atoms with Gasteiger partial charge in [-0.1, -0.05) is 69.5 Å². The molecule has 0 saturated heterocycles. The van der Waals surface area contributed by atoms with Crippen molar-refractivity contribution < 1.29 is 34.4 Å². The first-order valence-corrected chi connectivity index (χ1v) is 14.7. The van der Waals surface area contributed by atoms with Gasteiger partial charge < -0.3 is 13.9 Å². The maximum absolute atomic E-state index is 11.7. The molecule has 0 aliphatic carbocycles. The Morgan fingerprint density at radius 1 is 0.929 bits per heavy atom. The van der Waals surface area contributed by atoms with Gasteiger partial charge in [-0.15, -0.1) is 17.5 Å². The molecule has 7 aromatic rings. The molecule has 0 atom stereocenters. The van der Waals surface area contributed by atoms with Gasteiger partial charge in [-0.3, -0.25) is 9.78 Å². The van der Waals surface area contributed by atoms with Crippen LogP contribution in [0.4, 0.5) is 0 Å². The zero-order chi connectivity index (χ0) is 28.7. The smallest absolute Gasteiger partial charge is 0.162 e. The molecule has 0 amide bonds. The summed E-state index contributed by atoms with van der Waals surface area (Å²) in [5.41, 5.74) is 6.10. The van der Waals surface area contributed by atoms with E-state index in [2.05, 4.69) is 46.9 Å². The van der Waals surface area contributed by atoms with Crippen LogP contribution in [0.5, 0.6) is 0 Å². The van der Waals surface area contributed by atoms with Crippen molar-refractivity contribution in [2.24, 2.45) is 11.8 Å². The predicted octanol–water partition coefficient (Wildman–Crippen LogP) is 9.80. The summed E-state index contributed by atoms with van der Waals surface area (Å²) in [6.07, 6.45) is 6.76. The number of carbonyl (C=O) groups excluding carboxylic acids is 1. The Labute approximate surface area is 258 Å². The van der Waals surface area contributed by atoms with Crippen molar-refractivity contribution in [1.29, 1.82) is 0 Å². The monoisotopic (exact) mass is 736 g/mol. The first-order valence-electron chi connectivity index (χ1n) is 14.7. The molecule has 0 saturated carbocycles. The summed E-state index contributed by atoms with van der Waals surface area (Å²) < 4.78 is 8.76. The Balaban J connectivity index is 0.000000193. The average molecular weight is 736 g/mol. The number of benzene rings is 3. The zero-order valence-electron chi connectivity index (χ0n) is 24.4. The van der Waals surface area contributed by atoms with Gasteiger partial charge in [0.2, 0.25) is 0 Å². The number of rotatable bonds is 7. The van der Waals surface area contributed by atoms with Crippen LogP contribution in [-0.4, -0.2) is 20.3 Å². The molecule has 7 rings (SSSR count). The van der Waals surface area contributed by atoms with Gasteiger partial charge in [0, 0.05) is 66.2 Å². The van der Waals surface area contributed by atoms with E-state index in [0.717, 1.165) is 80.5 Å². The number of nitrogens with zero attached hydrogens (tertiary/aromatic N) is 2. The molecule has 217 valence electrons. The number of fused-ring (bicyclic) bond motifs is 5. The van der Waals surface area contributed by atoms with E-state index in [9.17, 15) is 9.90 Å². The fourth-order valence-corrected chi connectivity index (χ4v) is 6.15. The van der Waals surface area contributed by atoms with Crippen LogP contribution in [0.3, 0.4) is 0 Å². The molecule has 0 unspecified atom stereocenters. The van der Waals surface area contributed by atoms with Gasteiger partial charge in [0.15, 0.2) is 5.78 Å². The first kappa shape index (κ1) is 29.8. The molecule has 3 aromatic carbocycles. The number of allylic oxidation sites excluding steroid dienone is 2. The molecule has 0 spiro atoms. The van der Waals surface area contributed by atoms with Crippen LogP contribution in [0, 0.1) is 17.9 Å². The molecule has 0 bridgehead atoms. The number of pyridine rings is 2. The molecular formula is C36H35IrN2O3-. The topological polar surface area (TPSA) is 67.7 Å². The largest absolute Gasteiger partial charge is 0.512 e. The van der Waals surface area contributed by atoms with E-state index in [-0.39, 0.29) is 43.5 Å². The van der Waals surface area contributed by atoms with E-state index in [1.54, 1.807) is 0 Å². The van der Waals surface area contributed by atoms with Crippen molar-refractivity contribution in [3.05, 3.63) is 84.8 Å². The normalized spacial score (nSPS) is 12.3. The maximum atomic E-state index is 11.7. The molecule has 1 radical (unpaired) electrons. The van der Waals surface area contributed by atoms with E-state index >= 15 is 0 Å². The Kier molecular flexibility index (Phi) is 8.68. The SMILES string of the molecule is CCC(CC)C(=O)/C=C(\O)C(CC)CC.[Ir].[c-]1c2ccccc2c2oc3cccc4cc5c6cccnc6c1c2n5c43. The van der Waals surface area contributed by atoms with Crippen molar-refractivity contribution in [3.63, 3.8) is 0 Å². The van der Waals surface area contributed by atoms with Gasteiger partial charge in [-0.25, -0.2) is 0 Å². The summed E-state index contributed by atoms with van der Waals surface area (Å²) >= 11 is 0. The van der Waals surface area contributed by atoms with Gasteiger partial charge in [0.05, 0.1) is 16.9 Å². The summed E-state index contributed by atoms with van der Waals surface area (Å²) in [7, 11) is 0. The number of hydrogen-bond acceptors (Lipinski definition) is 4. The third-order valence-electron chi connectivity index (χ3n) is 8.51. The average Bonchev–Trinajstić information content (AvgIpc) is 3.40. The number of para-hydroxylation sites is 1. The van der Waals surface area contributed by atoms with Crippen LogP contribution < -0.4 is 0 Å². The molecule has 0 aliphatic rings. The van der Waals surface area contributed by atoms with E-state index in [4.69, 9.17) is 9.40 Å². The van der Waals surface area contributed by atoms with Gasteiger partial charge in [0.1, 0.15) is 5.58 Å². The van der Waals surface area contributed by atoms with E-state index in [0.29, 0.717) is 0 Å². The second-order valence-corrected chi connectivity index (χ2v) is 10.8. The number of aliphatic hydroxyl groups is 1. The summed E-state index contributed by atoms with van der Waals surface area (Å²) in [5, 5.41) is 15.2. The van der Waals surface area contributed by atoms with E-state index in [1.807, 2.05) is 58.2 Å². The number of carbonyl (C=O) groups is 1. The molecule has 0 aliphatic heterocycles. The minimum atomic E-state index is 0. The molecule has 5 nitrogen and oxygen atoms in total. The Morgan fingerprint density at radius 3 is 2.38 bits per heavy atom.